The molecule has 0 aromatic heterocycles. The Balaban J connectivity index is 2.97. The fraction of sp³-hybridized carbons (Fsp3) is 0.300. The van der Waals surface area contributed by atoms with E-state index in [2.05, 4.69) is 15.9 Å². The molecule has 0 bridgehead atoms. The zero-order valence-electron chi connectivity index (χ0n) is 7.56. The van der Waals surface area contributed by atoms with Crippen molar-refractivity contribution in [3.63, 3.8) is 0 Å². The van der Waals surface area contributed by atoms with Crippen molar-refractivity contribution in [1.29, 1.82) is 0 Å². The van der Waals surface area contributed by atoms with Gasteiger partial charge in [-0.25, -0.2) is 0 Å². The fourth-order valence-corrected chi connectivity index (χ4v) is 1.58. The monoisotopic (exact) mass is 294 g/mol. The number of hydrogen-bond donors (Lipinski definition) is 0. The summed E-state index contributed by atoms with van der Waals surface area (Å²) in [5.74, 6) is 0.0334. The molecule has 0 fully saturated rings. The predicted molar refractivity (Wildman–Crippen MR) is 63.8 cm³/mol. The Kier molecular flexibility index (Phi) is 4.42. The smallest absolute Gasteiger partial charge is 0.176 e. The SMILES string of the molecule is CC[C@H](Br)C(=O)c1ccc(Cl)c(Cl)c1. The van der Waals surface area contributed by atoms with E-state index in [0.717, 1.165) is 6.42 Å². The first-order chi connectivity index (χ1) is 6.56. The summed E-state index contributed by atoms with van der Waals surface area (Å²) < 4.78 is 0. The number of rotatable bonds is 3. The third-order valence-electron chi connectivity index (χ3n) is 1.85. The van der Waals surface area contributed by atoms with Crippen LogP contribution in [0.1, 0.15) is 23.7 Å². The van der Waals surface area contributed by atoms with E-state index in [1.807, 2.05) is 6.92 Å². The maximum absolute atomic E-state index is 11.7. The summed E-state index contributed by atoms with van der Waals surface area (Å²) >= 11 is 14.8. The minimum Gasteiger partial charge on any atom is -0.293 e. The number of benzene rings is 1. The van der Waals surface area contributed by atoms with Gasteiger partial charge in [0.25, 0.3) is 0 Å². The van der Waals surface area contributed by atoms with Gasteiger partial charge in [0.05, 0.1) is 14.9 Å². The largest absolute Gasteiger partial charge is 0.293 e. The van der Waals surface area contributed by atoms with Crippen molar-refractivity contribution in [3.8, 4) is 0 Å². The normalized spacial score (nSPS) is 12.6. The number of carbonyl (C=O) groups excluding carboxylic acids is 1. The third kappa shape index (κ3) is 2.72. The zero-order chi connectivity index (χ0) is 10.7. The van der Waals surface area contributed by atoms with Gasteiger partial charge in [-0.1, -0.05) is 46.1 Å². The highest BCUT2D eigenvalue weighted by atomic mass is 79.9. The molecule has 0 unspecified atom stereocenters. The van der Waals surface area contributed by atoms with Crippen LogP contribution in [0.4, 0.5) is 0 Å². The molecule has 0 aliphatic rings. The molecule has 0 saturated carbocycles. The van der Waals surface area contributed by atoms with E-state index in [1.165, 1.54) is 0 Å². The van der Waals surface area contributed by atoms with Crippen LogP contribution in [0, 0.1) is 0 Å². The van der Waals surface area contributed by atoms with Gasteiger partial charge in [0.2, 0.25) is 0 Å². The van der Waals surface area contributed by atoms with Crippen molar-refractivity contribution in [2.75, 3.05) is 0 Å². The van der Waals surface area contributed by atoms with E-state index in [4.69, 9.17) is 23.2 Å². The molecule has 0 amide bonds. The minimum atomic E-state index is -0.153. The molecule has 0 aliphatic heterocycles. The molecule has 1 nitrogen and oxygen atoms in total. The number of halogens is 3. The maximum atomic E-state index is 11.7. The highest BCUT2D eigenvalue weighted by Gasteiger charge is 2.15. The van der Waals surface area contributed by atoms with Crippen molar-refractivity contribution in [1.82, 2.24) is 0 Å². The first-order valence-corrected chi connectivity index (χ1v) is 5.86. The number of alkyl halides is 1. The van der Waals surface area contributed by atoms with Gasteiger partial charge < -0.3 is 0 Å². The Morgan fingerprint density at radius 2 is 2.07 bits per heavy atom. The number of hydrogen-bond acceptors (Lipinski definition) is 1. The molecule has 0 spiro atoms. The van der Waals surface area contributed by atoms with Crippen molar-refractivity contribution in [2.45, 2.75) is 18.2 Å². The molecule has 76 valence electrons. The van der Waals surface area contributed by atoms with Crippen LogP contribution in [0.2, 0.25) is 10.0 Å². The molecule has 1 aromatic carbocycles. The lowest BCUT2D eigenvalue weighted by molar-refractivity contribution is 0.0990. The van der Waals surface area contributed by atoms with E-state index >= 15 is 0 Å². The van der Waals surface area contributed by atoms with Gasteiger partial charge >= 0.3 is 0 Å². The molecule has 0 N–H and O–H groups in total. The van der Waals surface area contributed by atoms with Crippen LogP contribution in [0.5, 0.6) is 0 Å². The molecule has 0 aliphatic carbocycles. The summed E-state index contributed by atoms with van der Waals surface area (Å²) in [6.45, 7) is 1.94. The third-order valence-corrected chi connectivity index (χ3v) is 3.65. The molecule has 0 radical (unpaired) electrons. The second-order valence-electron chi connectivity index (χ2n) is 2.87. The fourth-order valence-electron chi connectivity index (χ4n) is 1.02. The number of carbonyl (C=O) groups is 1. The predicted octanol–water partition coefficient (Wildman–Crippen LogP) is 4.35. The van der Waals surface area contributed by atoms with Crippen molar-refractivity contribution >= 4 is 44.9 Å². The summed E-state index contributed by atoms with van der Waals surface area (Å²) in [7, 11) is 0. The molecule has 0 heterocycles. The van der Waals surface area contributed by atoms with Gasteiger partial charge in [-0.3, -0.25) is 4.79 Å². The van der Waals surface area contributed by atoms with Gasteiger partial charge in [-0.2, -0.15) is 0 Å². The highest BCUT2D eigenvalue weighted by molar-refractivity contribution is 9.10. The lowest BCUT2D eigenvalue weighted by Gasteiger charge is -2.06. The zero-order valence-corrected chi connectivity index (χ0v) is 10.7. The van der Waals surface area contributed by atoms with Gasteiger partial charge in [-0.15, -0.1) is 0 Å². The van der Waals surface area contributed by atoms with E-state index in [9.17, 15) is 4.79 Å². The van der Waals surface area contributed by atoms with Crippen LogP contribution in [0.3, 0.4) is 0 Å². The van der Waals surface area contributed by atoms with Crippen LogP contribution < -0.4 is 0 Å². The Morgan fingerprint density at radius 3 is 2.57 bits per heavy atom. The lowest BCUT2D eigenvalue weighted by Crippen LogP contribution is -2.12. The van der Waals surface area contributed by atoms with Crippen molar-refractivity contribution in [2.24, 2.45) is 0 Å². The molecule has 14 heavy (non-hydrogen) atoms. The highest BCUT2D eigenvalue weighted by Crippen LogP contribution is 2.24. The second kappa shape index (κ2) is 5.15. The summed E-state index contributed by atoms with van der Waals surface area (Å²) in [4.78, 5) is 11.5. The summed E-state index contributed by atoms with van der Waals surface area (Å²) in [5, 5.41) is 0.874. The quantitative estimate of drug-likeness (QED) is 0.598. The van der Waals surface area contributed by atoms with Crippen molar-refractivity contribution in [3.05, 3.63) is 33.8 Å². The average Bonchev–Trinajstić information content (AvgIpc) is 2.20. The van der Waals surface area contributed by atoms with Gasteiger partial charge in [-0.05, 0) is 24.6 Å². The van der Waals surface area contributed by atoms with Crippen LogP contribution in [0.15, 0.2) is 18.2 Å². The average molecular weight is 296 g/mol. The molecule has 0 saturated heterocycles. The molecular formula is C10H9BrCl2O. The maximum Gasteiger partial charge on any atom is 0.176 e. The number of ketones is 1. The van der Waals surface area contributed by atoms with E-state index in [-0.39, 0.29) is 10.6 Å². The lowest BCUT2D eigenvalue weighted by atomic mass is 10.1. The van der Waals surface area contributed by atoms with Gasteiger partial charge in [0, 0.05) is 5.56 Å². The van der Waals surface area contributed by atoms with Crippen molar-refractivity contribution < 1.29 is 4.79 Å². The molecular weight excluding hydrogens is 287 g/mol. The van der Waals surface area contributed by atoms with E-state index < -0.39 is 0 Å². The summed E-state index contributed by atoms with van der Waals surface area (Å²) in [6, 6.07) is 4.91. The molecule has 4 heteroatoms. The Hall–Kier alpha value is -0.0500. The summed E-state index contributed by atoms with van der Waals surface area (Å²) in [6.07, 6.45) is 0.749. The Bertz CT molecular complexity index is 352. The van der Waals surface area contributed by atoms with Crippen LogP contribution in [-0.2, 0) is 0 Å². The van der Waals surface area contributed by atoms with E-state index in [1.54, 1.807) is 18.2 Å². The molecule has 1 rings (SSSR count). The number of Topliss-reactive ketones (excluding diaryl/α,β-unsaturated/α-hetero) is 1. The second-order valence-corrected chi connectivity index (χ2v) is 4.79. The standard InChI is InChI=1S/C10H9BrCl2O/c1-2-7(11)10(14)6-3-4-8(12)9(13)5-6/h3-5,7H,2H2,1H3/t7-/m0/s1. The Morgan fingerprint density at radius 1 is 1.43 bits per heavy atom. The van der Waals surface area contributed by atoms with Crippen LogP contribution in [0.25, 0.3) is 0 Å². The van der Waals surface area contributed by atoms with Gasteiger partial charge in [0.1, 0.15) is 0 Å². The molecule has 1 atom stereocenters. The van der Waals surface area contributed by atoms with Crippen LogP contribution >= 0.6 is 39.1 Å². The first kappa shape index (κ1) is 12.0. The topological polar surface area (TPSA) is 17.1 Å². The van der Waals surface area contributed by atoms with E-state index in [0.29, 0.717) is 15.6 Å². The first-order valence-electron chi connectivity index (χ1n) is 4.19. The summed E-state index contributed by atoms with van der Waals surface area (Å²) in [5.41, 5.74) is 0.586. The van der Waals surface area contributed by atoms with Gasteiger partial charge in [0.15, 0.2) is 5.78 Å². The molecule has 1 aromatic rings. The Labute approximate surface area is 102 Å². The minimum absolute atomic E-state index is 0.0334. The van der Waals surface area contributed by atoms with Crippen LogP contribution in [-0.4, -0.2) is 10.6 Å².